The Morgan fingerprint density at radius 3 is 2.60 bits per heavy atom. The second kappa shape index (κ2) is 5.04. The highest BCUT2D eigenvalue weighted by Gasteiger charge is 2.37. The van der Waals surface area contributed by atoms with Gasteiger partial charge in [0.15, 0.2) is 0 Å². The number of carbonyl (C=O) groups excluding carboxylic acids is 1. The largest absolute Gasteiger partial charge is 0.481 e. The van der Waals surface area contributed by atoms with Gasteiger partial charge in [-0.25, -0.2) is 4.98 Å². The third-order valence-corrected chi connectivity index (χ3v) is 3.46. The second-order valence-corrected chi connectivity index (χ2v) is 5.13. The van der Waals surface area contributed by atoms with Gasteiger partial charge in [0.05, 0.1) is 16.0 Å². The molecule has 1 saturated heterocycles. The molecule has 1 aliphatic rings. The summed E-state index contributed by atoms with van der Waals surface area (Å²) < 4.78 is 37.5. The van der Waals surface area contributed by atoms with Crippen molar-refractivity contribution in [1.29, 1.82) is 0 Å². The van der Waals surface area contributed by atoms with Gasteiger partial charge in [0.2, 0.25) is 5.91 Å². The number of carboxylic acid groups (broad SMARTS) is 1. The Labute approximate surface area is 119 Å². The molecule has 1 fully saturated rings. The minimum Gasteiger partial charge on any atom is -0.481 e. The Kier molecular flexibility index (Phi) is 3.72. The number of halogens is 4. The number of carbonyl (C=O) groups is 2. The number of rotatable bonds is 2. The number of hydrogen-bond donors (Lipinski definition) is 1. The molecule has 9 heteroatoms. The van der Waals surface area contributed by atoms with Crippen LogP contribution in [0.15, 0.2) is 16.7 Å². The first-order valence-corrected chi connectivity index (χ1v) is 6.25. The third kappa shape index (κ3) is 2.77. The van der Waals surface area contributed by atoms with Gasteiger partial charge in [-0.1, -0.05) is 0 Å². The Morgan fingerprint density at radius 2 is 2.15 bits per heavy atom. The van der Waals surface area contributed by atoms with Gasteiger partial charge >= 0.3 is 12.1 Å². The van der Waals surface area contributed by atoms with Gasteiger partial charge in [-0.15, -0.1) is 0 Å². The van der Waals surface area contributed by atoms with E-state index < -0.39 is 29.5 Å². The van der Waals surface area contributed by atoms with Crippen molar-refractivity contribution in [2.24, 2.45) is 5.92 Å². The first kappa shape index (κ1) is 14.8. The summed E-state index contributed by atoms with van der Waals surface area (Å²) in [5.41, 5.74) is -0.949. The molecule has 1 unspecified atom stereocenters. The van der Waals surface area contributed by atoms with Crippen LogP contribution in [0.1, 0.15) is 12.0 Å². The highest BCUT2D eigenvalue weighted by atomic mass is 79.9. The fourth-order valence-corrected chi connectivity index (χ4v) is 2.43. The highest BCUT2D eigenvalue weighted by molar-refractivity contribution is 9.10. The molecule has 1 aliphatic heterocycles. The van der Waals surface area contributed by atoms with Gasteiger partial charge in [-0.2, -0.15) is 13.2 Å². The van der Waals surface area contributed by atoms with Gasteiger partial charge in [0.1, 0.15) is 5.82 Å². The van der Waals surface area contributed by atoms with Gasteiger partial charge in [0, 0.05) is 19.2 Å². The number of anilines is 1. The third-order valence-electron chi connectivity index (χ3n) is 2.88. The maximum Gasteiger partial charge on any atom is 0.417 e. The molecule has 0 spiro atoms. The molecule has 1 aromatic heterocycles. The minimum absolute atomic E-state index is 0.00764. The van der Waals surface area contributed by atoms with Crippen LogP contribution in [0.25, 0.3) is 0 Å². The molecule has 1 amide bonds. The Balaban J connectivity index is 2.31. The summed E-state index contributed by atoms with van der Waals surface area (Å²) >= 11 is 2.93. The van der Waals surface area contributed by atoms with E-state index in [2.05, 4.69) is 20.9 Å². The number of nitrogens with zero attached hydrogens (tertiary/aromatic N) is 2. The predicted octanol–water partition coefficient (Wildman–Crippen LogP) is 2.30. The molecule has 0 saturated carbocycles. The molecular formula is C11H8BrF3N2O3. The fourth-order valence-electron chi connectivity index (χ4n) is 1.86. The number of aliphatic carboxylic acids is 1. The molecule has 1 N–H and O–H groups in total. The summed E-state index contributed by atoms with van der Waals surface area (Å²) in [5, 5.41) is 8.86. The fraction of sp³-hybridized carbons (Fsp3) is 0.364. The lowest BCUT2D eigenvalue weighted by Gasteiger charge is -2.17. The van der Waals surface area contributed by atoms with Crippen molar-refractivity contribution in [2.75, 3.05) is 11.4 Å². The molecule has 0 bridgehead atoms. The van der Waals surface area contributed by atoms with E-state index in [-0.39, 0.29) is 23.3 Å². The van der Waals surface area contributed by atoms with Crippen LogP contribution in [0.3, 0.4) is 0 Å². The topological polar surface area (TPSA) is 70.5 Å². The molecule has 5 nitrogen and oxygen atoms in total. The predicted molar refractivity (Wildman–Crippen MR) is 65.0 cm³/mol. The molecular weight excluding hydrogens is 345 g/mol. The van der Waals surface area contributed by atoms with Crippen LogP contribution in [0.5, 0.6) is 0 Å². The van der Waals surface area contributed by atoms with Crippen molar-refractivity contribution in [3.05, 3.63) is 22.3 Å². The van der Waals surface area contributed by atoms with Crippen molar-refractivity contribution < 1.29 is 27.9 Å². The van der Waals surface area contributed by atoms with Crippen molar-refractivity contribution >= 4 is 33.6 Å². The summed E-state index contributed by atoms with van der Waals surface area (Å²) in [4.78, 5) is 27.2. The summed E-state index contributed by atoms with van der Waals surface area (Å²) in [6, 6.07) is 0.809. The van der Waals surface area contributed by atoms with Crippen LogP contribution in [-0.4, -0.2) is 28.5 Å². The van der Waals surface area contributed by atoms with Gasteiger partial charge < -0.3 is 5.11 Å². The van der Waals surface area contributed by atoms with Gasteiger partial charge in [-0.3, -0.25) is 14.5 Å². The SMILES string of the molecule is O=C(O)C1CC(=O)N(c2ncc(C(F)(F)F)cc2Br)C1. The van der Waals surface area contributed by atoms with Crippen LogP contribution in [0.2, 0.25) is 0 Å². The quantitative estimate of drug-likeness (QED) is 0.886. The van der Waals surface area contributed by atoms with Crippen molar-refractivity contribution in [1.82, 2.24) is 4.98 Å². The van der Waals surface area contributed by atoms with Crippen molar-refractivity contribution in [2.45, 2.75) is 12.6 Å². The number of alkyl halides is 3. The minimum atomic E-state index is -4.54. The zero-order valence-corrected chi connectivity index (χ0v) is 11.4. The summed E-state index contributed by atoms with van der Waals surface area (Å²) in [6.45, 7) is -0.106. The highest BCUT2D eigenvalue weighted by Crippen LogP contribution is 2.35. The van der Waals surface area contributed by atoms with E-state index in [4.69, 9.17) is 5.11 Å². The van der Waals surface area contributed by atoms with Crippen LogP contribution >= 0.6 is 15.9 Å². The number of aromatic nitrogens is 1. The average molecular weight is 353 g/mol. The Bertz CT molecular complexity index is 577. The molecule has 108 valence electrons. The van der Waals surface area contributed by atoms with E-state index in [9.17, 15) is 22.8 Å². The zero-order chi connectivity index (χ0) is 15.1. The summed E-state index contributed by atoms with van der Waals surface area (Å²) in [5.74, 6) is -2.49. The average Bonchev–Trinajstić information content (AvgIpc) is 2.70. The maximum absolute atomic E-state index is 12.5. The van der Waals surface area contributed by atoms with Crippen LogP contribution in [0, 0.1) is 5.92 Å². The van der Waals surface area contributed by atoms with Crippen molar-refractivity contribution in [3.63, 3.8) is 0 Å². The van der Waals surface area contributed by atoms with E-state index >= 15 is 0 Å². The van der Waals surface area contributed by atoms with Gasteiger partial charge in [-0.05, 0) is 22.0 Å². The lowest BCUT2D eigenvalue weighted by atomic mass is 10.1. The van der Waals surface area contributed by atoms with E-state index in [1.807, 2.05) is 0 Å². The van der Waals surface area contributed by atoms with E-state index in [0.29, 0.717) is 6.20 Å². The normalized spacial score (nSPS) is 19.5. The first-order chi connectivity index (χ1) is 9.20. The number of amides is 1. The van der Waals surface area contributed by atoms with Gasteiger partial charge in [0.25, 0.3) is 0 Å². The van der Waals surface area contributed by atoms with Crippen LogP contribution < -0.4 is 4.90 Å². The number of hydrogen-bond acceptors (Lipinski definition) is 3. The molecule has 1 atom stereocenters. The number of pyridine rings is 1. The van der Waals surface area contributed by atoms with Crippen molar-refractivity contribution in [3.8, 4) is 0 Å². The molecule has 0 aliphatic carbocycles. The Hall–Kier alpha value is -1.64. The summed E-state index contributed by atoms with van der Waals surface area (Å²) in [7, 11) is 0. The Morgan fingerprint density at radius 1 is 1.50 bits per heavy atom. The smallest absolute Gasteiger partial charge is 0.417 e. The number of carboxylic acids is 1. The zero-order valence-electron chi connectivity index (χ0n) is 9.82. The summed E-state index contributed by atoms with van der Waals surface area (Å²) in [6.07, 6.45) is -4.11. The monoisotopic (exact) mass is 352 g/mol. The molecule has 20 heavy (non-hydrogen) atoms. The van der Waals surface area contributed by atoms with E-state index in [1.165, 1.54) is 0 Å². The van der Waals surface area contributed by atoms with E-state index in [0.717, 1.165) is 11.0 Å². The molecule has 2 heterocycles. The molecule has 2 rings (SSSR count). The van der Waals surface area contributed by atoms with Crippen LogP contribution in [-0.2, 0) is 15.8 Å². The lowest BCUT2D eigenvalue weighted by Crippen LogP contribution is -2.27. The molecule has 0 aromatic carbocycles. The second-order valence-electron chi connectivity index (χ2n) is 4.27. The maximum atomic E-state index is 12.5. The molecule has 1 aromatic rings. The molecule has 0 radical (unpaired) electrons. The first-order valence-electron chi connectivity index (χ1n) is 5.46. The van der Waals surface area contributed by atoms with Crippen LogP contribution in [0.4, 0.5) is 19.0 Å². The standard InChI is InChI=1S/C11H8BrF3N2O3/c12-7-2-6(11(13,14)15)3-16-9(7)17-4-5(10(19)20)1-8(17)18/h2-3,5H,1,4H2,(H,19,20). The lowest BCUT2D eigenvalue weighted by molar-refractivity contribution is -0.141. The van der Waals surface area contributed by atoms with E-state index in [1.54, 1.807) is 0 Å².